The van der Waals surface area contributed by atoms with Crippen LogP contribution in [0.1, 0.15) is 27.2 Å². The summed E-state index contributed by atoms with van der Waals surface area (Å²) in [5.74, 6) is 0. The summed E-state index contributed by atoms with van der Waals surface area (Å²) < 4.78 is 1.06. The quantitative estimate of drug-likeness (QED) is 0.509. The number of thiol groups is 1. The number of hydrogen-bond acceptors (Lipinski definition) is 4. The van der Waals surface area contributed by atoms with Gasteiger partial charge in [0.25, 0.3) is 0 Å². The molecule has 16 heavy (non-hydrogen) atoms. The standard InChI is InChI=1S/C11H21NS2.CH5N/c1-6-9(4)12-7-10(8(2)3)11(13)14-5;1-2/h9,12-13H,2,6-7H2,1,3-5H3;2H2,1H3/b11-10-;. The van der Waals surface area contributed by atoms with Crippen molar-refractivity contribution < 1.29 is 0 Å². The number of rotatable bonds is 6. The molecule has 0 aromatic carbocycles. The zero-order valence-electron chi connectivity index (χ0n) is 11.1. The Hall–Kier alpha value is 0.1000. The molecule has 2 nitrogen and oxygen atoms in total. The molecule has 0 aliphatic rings. The van der Waals surface area contributed by atoms with E-state index >= 15 is 0 Å². The van der Waals surface area contributed by atoms with Gasteiger partial charge in [0.1, 0.15) is 0 Å². The van der Waals surface area contributed by atoms with Crippen molar-refractivity contribution in [2.75, 3.05) is 19.8 Å². The number of nitrogens with two attached hydrogens (primary N) is 1. The van der Waals surface area contributed by atoms with Gasteiger partial charge in [0, 0.05) is 16.8 Å². The van der Waals surface area contributed by atoms with Crippen LogP contribution in [0.3, 0.4) is 0 Å². The Kier molecular flexibility index (Phi) is 13.4. The van der Waals surface area contributed by atoms with E-state index in [0.717, 1.165) is 22.8 Å². The van der Waals surface area contributed by atoms with Gasteiger partial charge < -0.3 is 11.1 Å². The van der Waals surface area contributed by atoms with Crippen molar-refractivity contribution in [2.45, 2.75) is 33.2 Å². The summed E-state index contributed by atoms with van der Waals surface area (Å²) >= 11 is 6.10. The van der Waals surface area contributed by atoms with E-state index in [9.17, 15) is 0 Å². The van der Waals surface area contributed by atoms with Crippen LogP contribution < -0.4 is 11.1 Å². The molecule has 0 saturated heterocycles. The largest absolute Gasteiger partial charge is 0.333 e. The summed E-state index contributed by atoms with van der Waals surface area (Å²) in [6.07, 6.45) is 3.18. The van der Waals surface area contributed by atoms with Crippen molar-refractivity contribution in [3.05, 3.63) is 22.0 Å². The van der Waals surface area contributed by atoms with E-state index < -0.39 is 0 Å². The summed E-state index contributed by atoms with van der Waals surface area (Å²) in [4.78, 5) is 0. The molecule has 3 N–H and O–H groups in total. The van der Waals surface area contributed by atoms with E-state index in [2.05, 4.69) is 44.1 Å². The fourth-order valence-electron chi connectivity index (χ4n) is 0.953. The number of thioether (sulfide) groups is 1. The maximum Gasteiger partial charge on any atom is 0.0415 e. The molecule has 0 amide bonds. The first-order valence-electron chi connectivity index (χ1n) is 5.46. The molecular formula is C12H26N2S2. The van der Waals surface area contributed by atoms with Gasteiger partial charge in [0.05, 0.1) is 0 Å². The Morgan fingerprint density at radius 3 is 2.31 bits per heavy atom. The molecule has 0 heterocycles. The molecule has 4 heteroatoms. The van der Waals surface area contributed by atoms with E-state index in [1.54, 1.807) is 11.8 Å². The summed E-state index contributed by atoms with van der Waals surface area (Å²) in [5.41, 5.74) is 6.82. The first-order valence-corrected chi connectivity index (χ1v) is 7.13. The van der Waals surface area contributed by atoms with Gasteiger partial charge in [-0.2, -0.15) is 0 Å². The summed E-state index contributed by atoms with van der Waals surface area (Å²) in [6, 6.07) is 0.548. The van der Waals surface area contributed by atoms with Gasteiger partial charge in [0.2, 0.25) is 0 Å². The SMILES string of the molecule is C=C(C)/C(CNC(C)CC)=C(/S)SC.CN. The Labute approximate surface area is 111 Å². The second-order valence-corrected chi connectivity index (χ2v) is 5.02. The normalized spacial score (nSPS) is 13.4. The highest BCUT2D eigenvalue weighted by atomic mass is 32.2. The van der Waals surface area contributed by atoms with Gasteiger partial charge in [-0.3, -0.25) is 0 Å². The van der Waals surface area contributed by atoms with Gasteiger partial charge in [-0.25, -0.2) is 0 Å². The maximum absolute atomic E-state index is 4.50. The smallest absolute Gasteiger partial charge is 0.0415 e. The van der Waals surface area contributed by atoms with Crippen LogP contribution in [0.5, 0.6) is 0 Å². The number of hydrogen-bond donors (Lipinski definition) is 3. The van der Waals surface area contributed by atoms with Gasteiger partial charge >= 0.3 is 0 Å². The molecule has 0 spiro atoms. The molecule has 0 saturated carbocycles. The summed E-state index contributed by atoms with van der Waals surface area (Å²) in [7, 11) is 1.50. The minimum atomic E-state index is 0.548. The summed E-state index contributed by atoms with van der Waals surface area (Å²) in [5, 5.41) is 3.45. The van der Waals surface area contributed by atoms with Crippen LogP contribution in [-0.4, -0.2) is 25.9 Å². The van der Waals surface area contributed by atoms with E-state index in [4.69, 9.17) is 0 Å². The first-order chi connectivity index (χ1) is 7.52. The van der Waals surface area contributed by atoms with Crippen molar-refractivity contribution >= 4 is 24.4 Å². The fraction of sp³-hybridized carbons (Fsp3) is 0.667. The topological polar surface area (TPSA) is 38.0 Å². The lowest BCUT2D eigenvalue weighted by Gasteiger charge is -2.15. The Morgan fingerprint density at radius 2 is 2.00 bits per heavy atom. The highest BCUT2D eigenvalue weighted by Crippen LogP contribution is 2.24. The van der Waals surface area contributed by atoms with Crippen LogP contribution in [0, 0.1) is 0 Å². The third kappa shape index (κ3) is 8.28. The second-order valence-electron chi connectivity index (χ2n) is 3.46. The van der Waals surface area contributed by atoms with Crippen LogP contribution in [-0.2, 0) is 0 Å². The van der Waals surface area contributed by atoms with Gasteiger partial charge in [-0.15, -0.1) is 24.4 Å². The Balaban J connectivity index is 0. The highest BCUT2D eigenvalue weighted by Gasteiger charge is 2.05. The lowest BCUT2D eigenvalue weighted by molar-refractivity contribution is 0.561. The van der Waals surface area contributed by atoms with Crippen LogP contribution in [0.15, 0.2) is 22.0 Å². The van der Waals surface area contributed by atoms with Crippen LogP contribution in [0.2, 0.25) is 0 Å². The van der Waals surface area contributed by atoms with Crippen LogP contribution in [0.25, 0.3) is 0 Å². The van der Waals surface area contributed by atoms with E-state index in [1.165, 1.54) is 12.6 Å². The molecule has 0 radical (unpaired) electrons. The van der Waals surface area contributed by atoms with Crippen molar-refractivity contribution in [3.63, 3.8) is 0 Å². The molecule has 0 fully saturated rings. The van der Waals surface area contributed by atoms with E-state index in [1.807, 2.05) is 13.2 Å². The highest BCUT2D eigenvalue weighted by molar-refractivity contribution is 8.15. The number of nitrogens with one attached hydrogen (secondary N) is 1. The second kappa shape index (κ2) is 11.6. The minimum absolute atomic E-state index is 0.548. The Morgan fingerprint density at radius 1 is 1.50 bits per heavy atom. The Bertz CT molecular complexity index is 225. The third-order valence-electron chi connectivity index (χ3n) is 2.21. The van der Waals surface area contributed by atoms with Gasteiger partial charge in [0.15, 0.2) is 0 Å². The van der Waals surface area contributed by atoms with Crippen molar-refractivity contribution in [1.29, 1.82) is 0 Å². The van der Waals surface area contributed by atoms with Crippen molar-refractivity contribution in [3.8, 4) is 0 Å². The van der Waals surface area contributed by atoms with Crippen molar-refractivity contribution in [1.82, 2.24) is 5.32 Å². The van der Waals surface area contributed by atoms with Crippen LogP contribution >= 0.6 is 24.4 Å². The average Bonchev–Trinajstić information content (AvgIpc) is 2.30. The summed E-state index contributed by atoms with van der Waals surface area (Å²) in [6.45, 7) is 11.2. The lowest BCUT2D eigenvalue weighted by Crippen LogP contribution is -2.27. The minimum Gasteiger partial charge on any atom is -0.333 e. The zero-order valence-corrected chi connectivity index (χ0v) is 12.8. The van der Waals surface area contributed by atoms with Gasteiger partial charge in [-0.05, 0) is 39.1 Å². The molecule has 1 unspecified atom stereocenters. The molecule has 96 valence electrons. The monoisotopic (exact) mass is 262 g/mol. The molecule has 0 aliphatic heterocycles. The molecule has 0 aliphatic carbocycles. The van der Waals surface area contributed by atoms with E-state index in [0.29, 0.717) is 6.04 Å². The molecule has 0 bridgehead atoms. The molecule has 0 rings (SSSR count). The fourth-order valence-corrected chi connectivity index (χ4v) is 1.72. The van der Waals surface area contributed by atoms with Crippen molar-refractivity contribution in [2.24, 2.45) is 5.73 Å². The molecule has 0 aromatic heterocycles. The lowest BCUT2D eigenvalue weighted by atomic mass is 10.1. The molecule has 1 atom stereocenters. The predicted octanol–water partition coefficient (Wildman–Crippen LogP) is 3.03. The zero-order chi connectivity index (χ0) is 13.1. The van der Waals surface area contributed by atoms with Gasteiger partial charge in [-0.1, -0.05) is 19.1 Å². The average molecular weight is 262 g/mol. The van der Waals surface area contributed by atoms with E-state index in [-0.39, 0.29) is 0 Å². The first kappa shape index (κ1) is 18.5. The third-order valence-corrected chi connectivity index (χ3v) is 3.66. The molecular weight excluding hydrogens is 236 g/mol. The molecule has 0 aromatic rings. The predicted molar refractivity (Wildman–Crippen MR) is 82.2 cm³/mol. The van der Waals surface area contributed by atoms with Crippen LogP contribution in [0.4, 0.5) is 0 Å². The maximum atomic E-state index is 4.50.